The summed E-state index contributed by atoms with van der Waals surface area (Å²) in [6.45, 7) is 0. The van der Waals surface area contributed by atoms with Gasteiger partial charge in [0.25, 0.3) is 0 Å². The minimum absolute atomic E-state index is 0.502. The minimum Gasteiger partial charge on any atom is -0.334 e. The van der Waals surface area contributed by atoms with E-state index in [4.69, 9.17) is 34.8 Å². The smallest absolute Gasteiger partial charge is 0.234 e. The van der Waals surface area contributed by atoms with E-state index in [0.717, 1.165) is 25.7 Å². The molecule has 1 radical (unpaired) electrons. The maximum absolute atomic E-state index is 5.76. The van der Waals surface area contributed by atoms with Crippen molar-refractivity contribution in [3.8, 4) is 0 Å². The topological polar surface area (TPSA) is 17.8 Å². The molecule has 0 atom stereocenters. The molecule has 0 aromatic carbocycles. The van der Waals surface area contributed by atoms with Gasteiger partial charge in [-0.1, -0.05) is 34.8 Å². The van der Waals surface area contributed by atoms with Crippen molar-refractivity contribution < 1.29 is 0 Å². The van der Waals surface area contributed by atoms with E-state index in [1.54, 1.807) is 6.33 Å². The zero-order valence-electron chi connectivity index (χ0n) is 8.17. The lowest BCUT2D eigenvalue weighted by molar-refractivity contribution is 0.395. The van der Waals surface area contributed by atoms with Crippen molar-refractivity contribution in [1.29, 1.82) is 0 Å². The summed E-state index contributed by atoms with van der Waals surface area (Å²) in [6, 6.07) is 0.503. The van der Waals surface area contributed by atoms with Crippen molar-refractivity contribution in [3.63, 3.8) is 0 Å². The van der Waals surface area contributed by atoms with Gasteiger partial charge in [0.2, 0.25) is 3.79 Å². The average molecular weight is 267 g/mol. The molecule has 1 saturated carbocycles. The summed E-state index contributed by atoms with van der Waals surface area (Å²) >= 11 is 17.3. The Hall–Kier alpha value is 0.0800. The van der Waals surface area contributed by atoms with Gasteiger partial charge >= 0.3 is 0 Å². The van der Waals surface area contributed by atoms with Crippen LogP contribution in [0.25, 0.3) is 0 Å². The van der Waals surface area contributed by atoms with Crippen LogP contribution in [0.5, 0.6) is 0 Å². The van der Waals surface area contributed by atoms with E-state index in [2.05, 4.69) is 16.0 Å². The van der Waals surface area contributed by atoms with Crippen molar-refractivity contribution >= 4 is 34.8 Å². The predicted molar refractivity (Wildman–Crippen MR) is 63.3 cm³/mol. The fourth-order valence-electron chi connectivity index (χ4n) is 1.89. The minimum atomic E-state index is -1.41. The van der Waals surface area contributed by atoms with E-state index in [1.807, 2.05) is 6.20 Å². The summed E-state index contributed by atoms with van der Waals surface area (Å²) < 4.78 is 0.649. The molecule has 83 valence electrons. The highest BCUT2D eigenvalue weighted by Gasteiger charge is 2.27. The van der Waals surface area contributed by atoms with Crippen molar-refractivity contribution in [1.82, 2.24) is 9.55 Å². The third-order valence-electron chi connectivity index (χ3n) is 2.72. The molecule has 2 rings (SSSR count). The Labute approximate surface area is 105 Å². The first-order chi connectivity index (χ1) is 7.07. The highest BCUT2D eigenvalue weighted by atomic mass is 35.6. The Morgan fingerprint density at radius 1 is 1.27 bits per heavy atom. The lowest BCUT2D eigenvalue weighted by Gasteiger charge is -2.22. The second-order valence-electron chi connectivity index (χ2n) is 3.80. The van der Waals surface area contributed by atoms with Gasteiger partial charge in [0.1, 0.15) is 5.69 Å². The van der Waals surface area contributed by atoms with Crippen LogP contribution in [0.3, 0.4) is 0 Å². The standard InChI is InChI=1S/C10H12Cl3N2/c11-10(12,13)9-6-15(7-14-9)8-4-2-1-3-5-8/h1,6-8H,2-5H2. The number of nitrogens with zero attached hydrogens (tertiary/aromatic N) is 2. The summed E-state index contributed by atoms with van der Waals surface area (Å²) in [7, 11) is 0. The summed E-state index contributed by atoms with van der Waals surface area (Å²) in [5.74, 6) is 0. The molecule has 1 aliphatic rings. The van der Waals surface area contributed by atoms with Crippen LogP contribution in [0.2, 0.25) is 0 Å². The van der Waals surface area contributed by atoms with Gasteiger partial charge in [-0.05, 0) is 32.1 Å². The molecule has 5 heteroatoms. The van der Waals surface area contributed by atoms with Gasteiger partial charge in [0.05, 0.1) is 6.33 Å². The molecule has 1 heterocycles. The zero-order valence-corrected chi connectivity index (χ0v) is 10.4. The van der Waals surface area contributed by atoms with Crippen LogP contribution in [0.1, 0.15) is 37.4 Å². The number of imidazole rings is 1. The maximum atomic E-state index is 5.76. The zero-order chi connectivity index (χ0) is 10.9. The van der Waals surface area contributed by atoms with Crippen LogP contribution >= 0.6 is 34.8 Å². The van der Waals surface area contributed by atoms with Crippen molar-refractivity contribution in [3.05, 3.63) is 24.6 Å². The van der Waals surface area contributed by atoms with E-state index in [-0.39, 0.29) is 0 Å². The SMILES string of the molecule is ClC(Cl)(Cl)c1cn(C2CC[CH]CC2)cn1. The van der Waals surface area contributed by atoms with Gasteiger partial charge in [-0.2, -0.15) is 0 Å². The van der Waals surface area contributed by atoms with Crippen LogP contribution in [-0.2, 0) is 3.79 Å². The Morgan fingerprint density at radius 3 is 2.47 bits per heavy atom. The van der Waals surface area contributed by atoms with Gasteiger partial charge in [0, 0.05) is 12.2 Å². The molecular formula is C10H12Cl3N2. The predicted octanol–water partition coefficient (Wildman–Crippen LogP) is 4.03. The molecule has 0 N–H and O–H groups in total. The molecule has 0 saturated heterocycles. The summed E-state index contributed by atoms with van der Waals surface area (Å²) in [5.41, 5.74) is 0.502. The van der Waals surface area contributed by atoms with Crippen molar-refractivity contribution in [2.45, 2.75) is 35.5 Å². The Bertz CT molecular complexity index is 324. The van der Waals surface area contributed by atoms with Crippen LogP contribution in [-0.4, -0.2) is 9.55 Å². The number of aromatic nitrogens is 2. The number of hydrogen-bond donors (Lipinski definition) is 0. The van der Waals surface area contributed by atoms with Gasteiger partial charge in [-0.15, -0.1) is 0 Å². The molecule has 0 unspecified atom stereocenters. The molecule has 2 nitrogen and oxygen atoms in total. The molecular weight excluding hydrogens is 254 g/mol. The lowest BCUT2D eigenvalue weighted by atomic mass is 9.95. The molecule has 0 amide bonds. The monoisotopic (exact) mass is 265 g/mol. The fourth-order valence-corrected chi connectivity index (χ4v) is 2.18. The van der Waals surface area contributed by atoms with Gasteiger partial charge < -0.3 is 4.57 Å². The van der Waals surface area contributed by atoms with Crippen LogP contribution in [0, 0.1) is 6.42 Å². The quantitative estimate of drug-likeness (QED) is 0.702. The third-order valence-corrected chi connectivity index (χ3v) is 3.30. The first kappa shape index (κ1) is 11.6. The third kappa shape index (κ3) is 2.80. The van der Waals surface area contributed by atoms with E-state index >= 15 is 0 Å². The van der Waals surface area contributed by atoms with Crippen molar-refractivity contribution in [2.75, 3.05) is 0 Å². The molecule has 0 bridgehead atoms. The van der Waals surface area contributed by atoms with Crippen molar-refractivity contribution in [2.24, 2.45) is 0 Å². The van der Waals surface area contributed by atoms with E-state index in [1.165, 1.54) is 0 Å². The second kappa shape index (κ2) is 4.52. The molecule has 1 aromatic heterocycles. The Balaban J connectivity index is 2.12. The fraction of sp³-hybridized carbons (Fsp3) is 0.600. The van der Waals surface area contributed by atoms with E-state index in [0.29, 0.717) is 11.7 Å². The summed E-state index contributed by atoms with van der Waals surface area (Å²) in [6.07, 6.45) is 10.5. The normalized spacial score (nSPS) is 19.4. The average Bonchev–Trinajstić information content (AvgIpc) is 2.67. The number of alkyl halides is 3. The molecule has 1 aromatic rings. The highest BCUT2D eigenvalue weighted by molar-refractivity contribution is 6.66. The molecule has 0 aliphatic heterocycles. The lowest BCUT2D eigenvalue weighted by Crippen LogP contribution is -2.11. The van der Waals surface area contributed by atoms with Gasteiger partial charge in [-0.3, -0.25) is 0 Å². The second-order valence-corrected chi connectivity index (χ2v) is 6.08. The highest BCUT2D eigenvalue weighted by Crippen LogP contribution is 2.38. The largest absolute Gasteiger partial charge is 0.334 e. The van der Waals surface area contributed by atoms with Crippen LogP contribution in [0.4, 0.5) is 0 Å². The Morgan fingerprint density at radius 2 is 1.93 bits per heavy atom. The molecule has 0 spiro atoms. The first-order valence-corrected chi connectivity index (χ1v) is 6.13. The van der Waals surface area contributed by atoms with Gasteiger partial charge in [0.15, 0.2) is 0 Å². The number of halogens is 3. The van der Waals surface area contributed by atoms with Gasteiger partial charge in [-0.25, -0.2) is 4.98 Å². The molecule has 1 aliphatic carbocycles. The molecule has 15 heavy (non-hydrogen) atoms. The number of hydrogen-bond acceptors (Lipinski definition) is 1. The molecule has 1 fully saturated rings. The maximum Gasteiger partial charge on any atom is 0.234 e. The Kier molecular flexibility index (Phi) is 3.49. The first-order valence-electron chi connectivity index (χ1n) is 5.00. The van der Waals surface area contributed by atoms with E-state index < -0.39 is 3.79 Å². The number of rotatable bonds is 1. The summed E-state index contributed by atoms with van der Waals surface area (Å²) in [4.78, 5) is 4.12. The van der Waals surface area contributed by atoms with Crippen LogP contribution < -0.4 is 0 Å². The summed E-state index contributed by atoms with van der Waals surface area (Å²) in [5, 5.41) is 0. The van der Waals surface area contributed by atoms with E-state index in [9.17, 15) is 0 Å². The van der Waals surface area contributed by atoms with Crippen LogP contribution in [0.15, 0.2) is 12.5 Å².